The van der Waals surface area contributed by atoms with E-state index in [-0.39, 0.29) is 6.61 Å². The second kappa shape index (κ2) is 7.75. The highest BCUT2D eigenvalue weighted by Crippen LogP contribution is 2.32. The summed E-state index contributed by atoms with van der Waals surface area (Å²) < 4.78 is 2.06. The van der Waals surface area contributed by atoms with Gasteiger partial charge in [0.25, 0.3) is 0 Å². The van der Waals surface area contributed by atoms with Crippen molar-refractivity contribution in [1.82, 2.24) is 15.0 Å². The summed E-state index contributed by atoms with van der Waals surface area (Å²) in [7, 11) is 0. The Kier molecular flexibility index (Phi) is 6.00. The highest BCUT2D eigenvalue weighted by molar-refractivity contribution is 8.00. The molecule has 2 aromatic heterocycles. The van der Waals surface area contributed by atoms with Crippen molar-refractivity contribution in [3.63, 3.8) is 0 Å². The number of hydrogen-bond acceptors (Lipinski definition) is 7. The van der Waals surface area contributed by atoms with Gasteiger partial charge >= 0.3 is 0 Å². The fourth-order valence-corrected chi connectivity index (χ4v) is 3.50. The van der Waals surface area contributed by atoms with Crippen molar-refractivity contribution in [3.05, 3.63) is 6.33 Å². The number of hydrogen-bond donors (Lipinski definition) is 1. The van der Waals surface area contributed by atoms with Crippen molar-refractivity contribution in [2.75, 3.05) is 30.9 Å². The summed E-state index contributed by atoms with van der Waals surface area (Å²) in [5.41, 5.74) is 0.773. The minimum absolute atomic E-state index is 0.204. The van der Waals surface area contributed by atoms with E-state index >= 15 is 0 Å². The summed E-state index contributed by atoms with van der Waals surface area (Å²) >= 11 is 3.27. The van der Waals surface area contributed by atoms with Crippen molar-refractivity contribution in [3.8, 4) is 0 Å². The Morgan fingerprint density at radius 2 is 2.10 bits per heavy atom. The molecule has 5 nitrogen and oxygen atoms in total. The first kappa shape index (κ1) is 15.5. The van der Waals surface area contributed by atoms with Crippen LogP contribution in [0.15, 0.2) is 10.7 Å². The molecule has 20 heavy (non-hydrogen) atoms. The van der Waals surface area contributed by atoms with Crippen molar-refractivity contribution < 1.29 is 5.11 Å². The number of anilines is 1. The first-order valence-corrected chi connectivity index (χ1v) is 8.85. The van der Waals surface area contributed by atoms with Crippen molar-refractivity contribution in [2.45, 2.75) is 30.5 Å². The summed E-state index contributed by atoms with van der Waals surface area (Å²) in [5.74, 6) is 0.953. The molecule has 0 aromatic carbocycles. The number of thioether (sulfide) groups is 1. The van der Waals surface area contributed by atoms with Gasteiger partial charge in [-0.15, -0.1) is 11.3 Å². The van der Waals surface area contributed by atoms with E-state index in [4.69, 9.17) is 5.11 Å². The van der Waals surface area contributed by atoms with Crippen LogP contribution in [0.5, 0.6) is 0 Å². The average molecular weight is 312 g/mol. The minimum Gasteiger partial charge on any atom is -0.396 e. The Balaban J connectivity index is 2.32. The van der Waals surface area contributed by atoms with Crippen LogP contribution in [0, 0.1) is 0 Å². The van der Waals surface area contributed by atoms with E-state index in [0.29, 0.717) is 0 Å². The maximum Gasteiger partial charge on any atom is 0.176 e. The predicted octanol–water partition coefficient (Wildman–Crippen LogP) is 2.80. The molecule has 1 N–H and O–H groups in total. The van der Waals surface area contributed by atoms with Crippen LogP contribution in [0.3, 0.4) is 0 Å². The topological polar surface area (TPSA) is 62.1 Å². The number of aliphatic hydroxyl groups is 1. The highest BCUT2D eigenvalue weighted by atomic mass is 32.2. The van der Waals surface area contributed by atoms with Gasteiger partial charge in [0.2, 0.25) is 0 Å². The normalized spacial score (nSPS) is 11.2. The van der Waals surface area contributed by atoms with Gasteiger partial charge in [0.1, 0.15) is 11.0 Å². The molecule has 0 spiro atoms. The van der Waals surface area contributed by atoms with Gasteiger partial charge in [-0.3, -0.25) is 0 Å². The first-order chi connectivity index (χ1) is 9.80. The molecule has 7 heteroatoms. The first-order valence-electron chi connectivity index (χ1n) is 6.81. The second-order valence-electron chi connectivity index (χ2n) is 4.45. The van der Waals surface area contributed by atoms with Crippen LogP contribution in [-0.2, 0) is 0 Å². The zero-order valence-corrected chi connectivity index (χ0v) is 13.5. The van der Waals surface area contributed by atoms with Crippen molar-refractivity contribution >= 4 is 39.3 Å². The summed E-state index contributed by atoms with van der Waals surface area (Å²) in [6.07, 6.45) is 6.61. The van der Waals surface area contributed by atoms with Gasteiger partial charge in [0.15, 0.2) is 15.8 Å². The van der Waals surface area contributed by atoms with Crippen molar-refractivity contribution in [1.29, 1.82) is 0 Å². The average Bonchev–Trinajstić information content (AvgIpc) is 2.91. The lowest BCUT2D eigenvalue weighted by atomic mass is 10.3. The number of aliphatic hydroxyl groups excluding tert-OH is 1. The number of thiazole rings is 1. The third-order valence-electron chi connectivity index (χ3n) is 2.99. The third-order valence-corrected chi connectivity index (χ3v) is 5.02. The molecule has 0 saturated heterocycles. The van der Waals surface area contributed by atoms with Crippen LogP contribution < -0.4 is 4.90 Å². The molecule has 0 aliphatic carbocycles. The molecular weight excluding hydrogens is 292 g/mol. The second-order valence-corrected chi connectivity index (χ2v) is 6.50. The van der Waals surface area contributed by atoms with E-state index < -0.39 is 0 Å². The van der Waals surface area contributed by atoms with Gasteiger partial charge in [0, 0.05) is 19.7 Å². The van der Waals surface area contributed by atoms with Crippen LogP contribution in [0.2, 0.25) is 0 Å². The zero-order chi connectivity index (χ0) is 14.4. The van der Waals surface area contributed by atoms with Crippen LogP contribution in [0.1, 0.15) is 26.2 Å². The van der Waals surface area contributed by atoms with Gasteiger partial charge in [-0.05, 0) is 19.1 Å². The fourth-order valence-electron chi connectivity index (χ4n) is 1.97. The fraction of sp³-hybridized carbons (Fsp3) is 0.615. The van der Waals surface area contributed by atoms with Crippen molar-refractivity contribution in [2.24, 2.45) is 0 Å². The van der Waals surface area contributed by atoms with Gasteiger partial charge in [0.05, 0.1) is 0 Å². The number of rotatable bonds is 8. The van der Waals surface area contributed by atoms with Crippen LogP contribution >= 0.6 is 23.1 Å². The van der Waals surface area contributed by atoms with E-state index in [9.17, 15) is 0 Å². The minimum atomic E-state index is 0.204. The van der Waals surface area contributed by atoms with Crippen LogP contribution in [0.25, 0.3) is 10.3 Å². The molecule has 0 aliphatic rings. The number of aromatic nitrogens is 3. The van der Waals surface area contributed by atoms with Gasteiger partial charge in [-0.25, -0.2) is 15.0 Å². The summed E-state index contributed by atoms with van der Waals surface area (Å²) in [6, 6.07) is 0. The predicted molar refractivity (Wildman–Crippen MR) is 85.8 cm³/mol. The molecule has 0 unspecified atom stereocenters. The zero-order valence-electron chi connectivity index (χ0n) is 11.9. The third kappa shape index (κ3) is 3.59. The number of unbranched alkanes of at least 4 members (excludes halogenated alkanes) is 1. The SMILES string of the molecule is CCCCN(CCCO)c1ncnc2nc(SC)sc12. The molecule has 2 heterocycles. The smallest absolute Gasteiger partial charge is 0.176 e. The van der Waals surface area contributed by atoms with Crippen LogP contribution in [0.4, 0.5) is 5.82 Å². The van der Waals surface area contributed by atoms with E-state index in [2.05, 4.69) is 26.8 Å². The Morgan fingerprint density at radius 1 is 1.30 bits per heavy atom. The van der Waals surface area contributed by atoms with E-state index in [1.54, 1.807) is 29.4 Å². The maximum absolute atomic E-state index is 9.07. The van der Waals surface area contributed by atoms with Gasteiger partial charge < -0.3 is 10.0 Å². The van der Waals surface area contributed by atoms with E-state index in [1.165, 1.54) is 0 Å². The standard InChI is InChI=1S/C13H20N4OS2/c1-3-4-6-17(7-5-8-18)12-10-11(14-9-15-12)16-13(19-2)20-10/h9,18H,3-8H2,1-2H3. The lowest BCUT2D eigenvalue weighted by Gasteiger charge is -2.23. The largest absolute Gasteiger partial charge is 0.396 e. The Labute approximate surface area is 127 Å². The van der Waals surface area contributed by atoms with Crippen LogP contribution in [-0.4, -0.2) is 46.0 Å². The summed E-state index contributed by atoms with van der Waals surface area (Å²) in [6.45, 7) is 4.15. The maximum atomic E-state index is 9.07. The lowest BCUT2D eigenvalue weighted by molar-refractivity contribution is 0.289. The lowest BCUT2D eigenvalue weighted by Crippen LogP contribution is -2.27. The quantitative estimate of drug-likeness (QED) is 0.756. The highest BCUT2D eigenvalue weighted by Gasteiger charge is 2.15. The molecule has 0 fully saturated rings. The van der Waals surface area contributed by atoms with E-state index in [1.807, 2.05) is 6.26 Å². The molecule has 0 aliphatic heterocycles. The molecule has 0 amide bonds. The summed E-state index contributed by atoms with van der Waals surface area (Å²) in [4.78, 5) is 15.4. The van der Waals surface area contributed by atoms with Gasteiger partial charge in [-0.2, -0.15) is 0 Å². The molecule has 0 radical (unpaired) electrons. The van der Waals surface area contributed by atoms with Gasteiger partial charge in [-0.1, -0.05) is 25.1 Å². The Hall–Kier alpha value is -0.920. The molecule has 0 atom stereocenters. The molecule has 2 rings (SSSR count). The van der Waals surface area contributed by atoms with E-state index in [0.717, 1.165) is 52.9 Å². The Morgan fingerprint density at radius 3 is 2.80 bits per heavy atom. The number of nitrogens with zero attached hydrogens (tertiary/aromatic N) is 4. The monoisotopic (exact) mass is 312 g/mol. The molecule has 2 aromatic rings. The molecule has 0 saturated carbocycles. The molecular formula is C13H20N4OS2. The number of fused-ring (bicyclic) bond motifs is 1. The summed E-state index contributed by atoms with van der Waals surface area (Å²) in [5, 5.41) is 9.07. The Bertz CT molecular complexity index is 538. The molecule has 0 bridgehead atoms. The molecule has 110 valence electrons.